The Morgan fingerprint density at radius 3 is 2.66 bits per heavy atom. The summed E-state index contributed by atoms with van der Waals surface area (Å²) in [5, 5.41) is 3.68. The Balaban J connectivity index is 1.22. The molecule has 2 aliphatic rings. The first-order valence-electron chi connectivity index (χ1n) is 12.2. The largest absolute Gasteiger partial charge is 0.445 e. The molecule has 178 valence electrons. The molecule has 35 heavy (non-hydrogen) atoms. The SMILES string of the molecule is CC(C)n1cc(C(=O)c2cncc(NC(=O)Cc3nc(C4CC4)oc3C3CC3)c2)c2cnccc21. The molecular weight excluding hydrogens is 442 g/mol. The van der Waals surface area contributed by atoms with Gasteiger partial charge in [-0.1, -0.05) is 0 Å². The minimum Gasteiger partial charge on any atom is -0.445 e. The van der Waals surface area contributed by atoms with E-state index in [0.717, 1.165) is 53.9 Å². The van der Waals surface area contributed by atoms with E-state index in [-0.39, 0.29) is 24.2 Å². The fraction of sp³-hybridized carbons (Fsp3) is 0.370. The van der Waals surface area contributed by atoms with Gasteiger partial charge in [-0.05, 0) is 51.7 Å². The van der Waals surface area contributed by atoms with Crippen molar-refractivity contribution >= 4 is 28.3 Å². The fourth-order valence-corrected chi connectivity index (χ4v) is 4.53. The molecule has 8 heteroatoms. The molecule has 4 aromatic heterocycles. The summed E-state index contributed by atoms with van der Waals surface area (Å²) in [5.41, 5.74) is 3.15. The first-order chi connectivity index (χ1) is 17.0. The second-order valence-electron chi connectivity index (χ2n) is 9.86. The van der Waals surface area contributed by atoms with Crippen LogP contribution >= 0.6 is 0 Å². The molecule has 0 radical (unpaired) electrons. The Morgan fingerprint density at radius 2 is 1.91 bits per heavy atom. The molecule has 0 aliphatic heterocycles. The molecule has 6 rings (SSSR count). The maximum Gasteiger partial charge on any atom is 0.230 e. The highest BCUT2D eigenvalue weighted by molar-refractivity contribution is 6.16. The van der Waals surface area contributed by atoms with E-state index in [1.165, 1.54) is 6.20 Å². The van der Waals surface area contributed by atoms with Gasteiger partial charge in [0.1, 0.15) is 5.76 Å². The van der Waals surface area contributed by atoms with Crippen LogP contribution < -0.4 is 5.32 Å². The zero-order chi connectivity index (χ0) is 24.1. The smallest absolute Gasteiger partial charge is 0.230 e. The summed E-state index contributed by atoms with van der Waals surface area (Å²) < 4.78 is 8.08. The van der Waals surface area contributed by atoms with Gasteiger partial charge in [-0.3, -0.25) is 19.6 Å². The molecule has 0 unspecified atom stereocenters. The van der Waals surface area contributed by atoms with Crippen LogP contribution in [0.1, 0.15) is 90.7 Å². The third-order valence-corrected chi connectivity index (χ3v) is 6.67. The number of anilines is 1. The molecule has 1 amide bonds. The highest BCUT2D eigenvalue weighted by Crippen LogP contribution is 2.46. The number of hydrogen-bond acceptors (Lipinski definition) is 6. The summed E-state index contributed by atoms with van der Waals surface area (Å²) in [4.78, 5) is 39.3. The number of rotatable bonds is 8. The molecule has 1 N–H and O–H groups in total. The molecule has 0 aromatic carbocycles. The molecule has 0 spiro atoms. The number of ketones is 1. The van der Waals surface area contributed by atoms with Gasteiger partial charge in [-0.25, -0.2) is 4.98 Å². The van der Waals surface area contributed by atoms with Crippen molar-refractivity contribution < 1.29 is 14.0 Å². The zero-order valence-corrected chi connectivity index (χ0v) is 19.8. The Morgan fingerprint density at radius 1 is 1.11 bits per heavy atom. The van der Waals surface area contributed by atoms with Crippen LogP contribution in [-0.4, -0.2) is 31.2 Å². The normalized spacial score (nSPS) is 15.6. The Hall–Kier alpha value is -3.81. The van der Waals surface area contributed by atoms with Crippen molar-refractivity contribution in [1.82, 2.24) is 19.5 Å². The van der Waals surface area contributed by atoms with Gasteiger partial charge in [0.25, 0.3) is 0 Å². The van der Waals surface area contributed by atoms with Gasteiger partial charge >= 0.3 is 0 Å². The van der Waals surface area contributed by atoms with Crippen LogP contribution in [0.5, 0.6) is 0 Å². The van der Waals surface area contributed by atoms with E-state index in [9.17, 15) is 9.59 Å². The van der Waals surface area contributed by atoms with E-state index in [4.69, 9.17) is 4.42 Å². The minimum atomic E-state index is -0.199. The average Bonchev–Trinajstić information content (AvgIpc) is 3.79. The molecule has 2 fully saturated rings. The third kappa shape index (κ3) is 4.24. The zero-order valence-electron chi connectivity index (χ0n) is 19.8. The summed E-state index contributed by atoms with van der Waals surface area (Å²) in [6.45, 7) is 4.14. The molecule has 4 heterocycles. The lowest BCUT2D eigenvalue weighted by atomic mass is 10.0. The number of nitrogens with one attached hydrogen (secondary N) is 1. The van der Waals surface area contributed by atoms with Crippen molar-refractivity contribution in [3.8, 4) is 0 Å². The van der Waals surface area contributed by atoms with E-state index in [2.05, 4.69) is 38.7 Å². The molecule has 8 nitrogen and oxygen atoms in total. The van der Waals surface area contributed by atoms with Gasteiger partial charge in [0.15, 0.2) is 11.7 Å². The Kier molecular flexibility index (Phi) is 5.24. The van der Waals surface area contributed by atoms with Crippen molar-refractivity contribution in [2.75, 3.05) is 5.32 Å². The van der Waals surface area contributed by atoms with Crippen molar-refractivity contribution in [3.05, 3.63) is 71.6 Å². The lowest BCUT2D eigenvalue weighted by Crippen LogP contribution is -2.16. The molecule has 0 saturated heterocycles. The minimum absolute atomic E-state index is 0.147. The topological polar surface area (TPSA) is 103 Å². The third-order valence-electron chi connectivity index (χ3n) is 6.67. The van der Waals surface area contributed by atoms with Crippen LogP contribution in [0.25, 0.3) is 10.9 Å². The van der Waals surface area contributed by atoms with E-state index in [1.807, 2.05) is 12.3 Å². The van der Waals surface area contributed by atoms with Crippen molar-refractivity contribution in [2.24, 2.45) is 0 Å². The van der Waals surface area contributed by atoms with Gasteiger partial charge in [0.05, 0.1) is 29.5 Å². The number of amides is 1. The summed E-state index contributed by atoms with van der Waals surface area (Å²) in [7, 11) is 0. The summed E-state index contributed by atoms with van der Waals surface area (Å²) in [6.07, 6.45) is 12.9. The van der Waals surface area contributed by atoms with Crippen LogP contribution in [0, 0.1) is 0 Å². The maximum absolute atomic E-state index is 13.4. The first kappa shape index (κ1) is 21.7. The number of aromatic nitrogens is 4. The van der Waals surface area contributed by atoms with E-state index in [0.29, 0.717) is 28.7 Å². The van der Waals surface area contributed by atoms with Crippen LogP contribution in [0.15, 0.2) is 47.5 Å². The van der Waals surface area contributed by atoms with Crippen LogP contribution in [-0.2, 0) is 11.2 Å². The van der Waals surface area contributed by atoms with Crippen molar-refractivity contribution in [2.45, 2.75) is 63.8 Å². The maximum atomic E-state index is 13.4. The van der Waals surface area contributed by atoms with E-state index < -0.39 is 0 Å². The molecule has 2 saturated carbocycles. The number of pyridine rings is 2. The van der Waals surface area contributed by atoms with Crippen molar-refractivity contribution in [1.29, 1.82) is 0 Å². The van der Waals surface area contributed by atoms with E-state index in [1.54, 1.807) is 24.7 Å². The number of carbonyl (C=O) groups is 2. The molecular formula is C27H27N5O3. The standard InChI is InChI=1S/C27H27N5O3/c1-15(2)32-14-21(20-13-28-8-7-23(20)32)25(34)18-9-19(12-29-11-18)30-24(33)10-22-26(16-3-4-16)35-27(31-22)17-5-6-17/h7-9,11-17H,3-6,10H2,1-2H3,(H,30,33). The number of hydrogen-bond donors (Lipinski definition) is 1. The van der Waals surface area contributed by atoms with Crippen LogP contribution in [0.3, 0.4) is 0 Å². The number of nitrogens with zero attached hydrogens (tertiary/aromatic N) is 4. The monoisotopic (exact) mass is 469 g/mol. The Labute approximate surface area is 202 Å². The lowest BCUT2D eigenvalue weighted by Gasteiger charge is -2.08. The predicted octanol–water partition coefficient (Wildman–Crippen LogP) is 5.17. The first-order valence-corrected chi connectivity index (χ1v) is 12.2. The predicted molar refractivity (Wildman–Crippen MR) is 131 cm³/mol. The second kappa shape index (κ2) is 8.45. The van der Waals surface area contributed by atoms with Gasteiger partial charge in [-0.15, -0.1) is 0 Å². The molecule has 2 aliphatic carbocycles. The van der Waals surface area contributed by atoms with Gasteiger partial charge in [0, 0.05) is 59.2 Å². The highest BCUT2D eigenvalue weighted by atomic mass is 16.4. The lowest BCUT2D eigenvalue weighted by molar-refractivity contribution is -0.115. The summed E-state index contributed by atoms with van der Waals surface area (Å²) >= 11 is 0. The van der Waals surface area contributed by atoms with Gasteiger partial charge in [0.2, 0.25) is 5.91 Å². The number of oxazole rings is 1. The molecule has 0 bridgehead atoms. The fourth-order valence-electron chi connectivity index (χ4n) is 4.53. The Bertz CT molecular complexity index is 1440. The quantitative estimate of drug-likeness (QED) is 0.357. The number of carbonyl (C=O) groups excluding carboxylic acids is 2. The van der Waals surface area contributed by atoms with Crippen molar-refractivity contribution in [3.63, 3.8) is 0 Å². The van der Waals surface area contributed by atoms with E-state index >= 15 is 0 Å². The second-order valence-corrected chi connectivity index (χ2v) is 9.86. The highest BCUT2D eigenvalue weighted by Gasteiger charge is 2.36. The van der Waals surface area contributed by atoms with Gasteiger partial charge in [-0.2, -0.15) is 0 Å². The molecule has 4 aromatic rings. The summed E-state index contributed by atoms with van der Waals surface area (Å²) in [5.74, 6) is 2.09. The summed E-state index contributed by atoms with van der Waals surface area (Å²) in [6, 6.07) is 3.78. The van der Waals surface area contributed by atoms with Crippen LogP contribution in [0.2, 0.25) is 0 Å². The van der Waals surface area contributed by atoms with Crippen LogP contribution in [0.4, 0.5) is 5.69 Å². The number of fused-ring (bicyclic) bond motifs is 1. The molecule has 0 atom stereocenters. The van der Waals surface area contributed by atoms with Gasteiger partial charge < -0.3 is 14.3 Å². The average molecular weight is 470 g/mol.